The molecule has 0 saturated carbocycles. The lowest BCUT2D eigenvalue weighted by molar-refractivity contribution is 0.309. The van der Waals surface area contributed by atoms with E-state index in [2.05, 4.69) is 63.7 Å². The molecule has 148 valence electrons. The first-order chi connectivity index (χ1) is 14.2. The normalized spacial score (nSPS) is 12.2. The van der Waals surface area contributed by atoms with Crippen LogP contribution in [0.3, 0.4) is 0 Å². The molecule has 0 saturated heterocycles. The first-order valence-corrected chi connectivity index (χ1v) is 9.98. The highest BCUT2D eigenvalue weighted by Crippen LogP contribution is 2.33. The predicted octanol–water partition coefficient (Wildman–Crippen LogP) is 4.49. The van der Waals surface area contributed by atoms with Gasteiger partial charge >= 0.3 is 0 Å². The van der Waals surface area contributed by atoms with Gasteiger partial charge in [-0.15, -0.1) is 5.10 Å². The van der Waals surface area contributed by atoms with E-state index < -0.39 is 0 Å². The summed E-state index contributed by atoms with van der Waals surface area (Å²) in [5.41, 5.74) is 10.8. The number of aromatic nitrogens is 4. The van der Waals surface area contributed by atoms with Gasteiger partial charge in [-0.1, -0.05) is 61.0 Å². The first kappa shape index (κ1) is 18.9. The molecule has 2 heterocycles. The van der Waals surface area contributed by atoms with Gasteiger partial charge in [0.05, 0.1) is 6.61 Å². The first-order valence-electron chi connectivity index (χ1n) is 9.98. The van der Waals surface area contributed by atoms with Gasteiger partial charge in [0.15, 0.2) is 5.65 Å². The molecule has 3 N–H and O–H groups in total. The highest BCUT2D eigenvalue weighted by molar-refractivity contribution is 5.77. The fourth-order valence-electron chi connectivity index (χ4n) is 3.57. The zero-order valence-electron chi connectivity index (χ0n) is 16.5. The molecule has 6 heteroatoms. The van der Waals surface area contributed by atoms with Gasteiger partial charge in [-0.05, 0) is 47.7 Å². The Balaban J connectivity index is 1.71. The second-order valence-corrected chi connectivity index (χ2v) is 7.16. The molecular weight excluding hydrogens is 362 g/mol. The fraction of sp³-hybridized carbons (Fsp3) is 0.261. The summed E-state index contributed by atoms with van der Waals surface area (Å²) in [5.74, 6) is 1.43. The van der Waals surface area contributed by atoms with Crippen molar-refractivity contribution < 1.29 is 4.74 Å². The van der Waals surface area contributed by atoms with Gasteiger partial charge in [0.25, 0.3) is 0 Å². The number of fused-ring (bicyclic) bond motifs is 1. The molecule has 0 spiro atoms. The second kappa shape index (κ2) is 8.73. The topological polar surface area (TPSA) is 89.7 Å². The Morgan fingerprint density at radius 2 is 1.93 bits per heavy atom. The van der Waals surface area contributed by atoms with Crippen molar-refractivity contribution in [3.05, 3.63) is 77.4 Å². The molecule has 0 fully saturated rings. The van der Waals surface area contributed by atoms with Crippen molar-refractivity contribution in [3.63, 3.8) is 0 Å². The molecule has 29 heavy (non-hydrogen) atoms. The lowest BCUT2D eigenvalue weighted by Crippen LogP contribution is -2.08. The van der Waals surface area contributed by atoms with Crippen LogP contribution in [0.15, 0.2) is 60.7 Å². The van der Waals surface area contributed by atoms with Crippen LogP contribution in [-0.2, 0) is 6.42 Å². The highest BCUT2D eigenvalue weighted by Gasteiger charge is 2.21. The summed E-state index contributed by atoms with van der Waals surface area (Å²) in [6.45, 7) is 2.90. The number of nitrogen functional groups attached to an aromatic ring is 1. The summed E-state index contributed by atoms with van der Waals surface area (Å²) in [5, 5.41) is 11.0. The molecule has 2 aromatic carbocycles. The van der Waals surface area contributed by atoms with E-state index in [1.165, 1.54) is 11.1 Å². The molecule has 0 aliphatic carbocycles. The number of rotatable bonds is 8. The third kappa shape index (κ3) is 4.37. The summed E-state index contributed by atoms with van der Waals surface area (Å²) in [4.78, 5) is 4.31. The fourth-order valence-corrected chi connectivity index (χ4v) is 3.57. The average Bonchev–Trinajstić information content (AvgIpc) is 3.21. The molecule has 0 amide bonds. The van der Waals surface area contributed by atoms with Crippen LogP contribution in [0.1, 0.15) is 42.4 Å². The summed E-state index contributed by atoms with van der Waals surface area (Å²) < 4.78 is 5.90. The van der Waals surface area contributed by atoms with Gasteiger partial charge < -0.3 is 10.5 Å². The standard InChI is InChI=1S/C23H25N5O/c1-2-3-12-29-18-11-7-8-16(13-18)14-19(17-9-5-4-6-10-17)20-15-21(24)25-23-22(20)26-28-27-23/h4-11,13,15,19H,2-3,12,14H2,1H3,(H3,24,25,26,27,28). The van der Waals surface area contributed by atoms with Crippen LogP contribution in [0.4, 0.5) is 5.82 Å². The Kier molecular flexibility index (Phi) is 5.70. The predicted molar refractivity (Wildman–Crippen MR) is 115 cm³/mol. The Hall–Kier alpha value is -3.41. The molecule has 2 aromatic heterocycles. The number of aromatic amines is 1. The average molecular weight is 387 g/mol. The summed E-state index contributed by atoms with van der Waals surface area (Å²) >= 11 is 0. The quantitative estimate of drug-likeness (QED) is 0.435. The van der Waals surface area contributed by atoms with Gasteiger partial charge in [0.2, 0.25) is 0 Å². The maximum Gasteiger partial charge on any atom is 0.178 e. The highest BCUT2D eigenvalue weighted by atomic mass is 16.5. The SMILES string of the molecule is CCCCOc1cccc(CC(c2ccccc2)c2cc(N)nc3[nH]nnc23)c1. The number of nitrogens with one attached hydrogen (secondary N) is 1. The van der Waals surface area contributed by atoms with E-state index in [1.807, 2.05) is 24.3 Å². The molecule has 1 atom stereocenters. The third-order valence-electron chi connectivity index (χ3n) is 5.03. The number of pyridine rings is 1. The van der Waals surface area contributed by atoms with Crippen LogP contribution >= 0.6 is 0 Å². The van der Waals surface area contributed by atoms with Crippen molar-refractivity contribution >= 4 is 17.0 Å². The molecular formula is C23H25N5O. The van der Waals surface area contributed by atoms with Gasteiger partial charge in [0.1, 0.15) is 17.1 Å². The number of H-pyrrole nitrogens is 1. The lowest BCUT2D eigenvalue weighted by atomic mass is 9.85. The van der Waals surface area contributed by atoms with Crippen LogP contribution in [0.5, 0.6) is 5.75 Å². The Bertz CT molecular complexity index is 1080. The monoisotopic (exact) mass is 387 g/mol. The van der Waals surface area contributed by atoms with Crippen LogP contribution in [-0.4, -0.2) is 27.0 Å². The van der Waals surface area contributed by atoms with Crippen molar-refractivity contribution in [2.45, 2.75) is 32.1 Å². The van der Waals surface area contributed by atoms with Crippen LogP contribution in [0.25, 0.3) is 11.2 Å². The number of benzene rings is 2. The van der Waals surface area contributed by atoms with Crippen LogP contribution in [0.2, 0.25) is 0 Å². The number of anilines is 1. The van der Waals surface area contributed by atoms with E-state index in [4.69, 9.17) is 10.5 Å². The summed E-state index contributed by atoms with van der Waals surface area (Å²) in [6, 6.07) is 20.6. The minimum absolute atomic E-state index is 0.0694. The molecule has 1 unspecified atom stereocenters. The number of unbranched alkanes of at least 4 members (excludes halogenated alkanes) is 1. The number of nitrogens with two attached hydrogens (primary N) is 1. The minimum atomic E-state index is 0.0694. The molecule has 6 nitrogen and oxygen atoms in total. The van der Waals surface area contributed by atoms with Crippen LogP contribution in [0, 0.1) is 0 Å². The van der Waals surface area contributed by atoms with Crippen molar-refractivity contribution in [1.29, 1.82) is 0 Å². The molecule has 0 aliphatic rings. The molecule has 4 aromatic rings. The van der Waals surface area contributed by atoms with Crippen molar-refractivity contribution in [3.8, 4) is 5.75 Å². The van der Waals surface area contributed by atoms with E-state index >= 15 is 0 Å². The zero-order chi connectivity index (χ0) is 20.1. The van der Waals surface area contributed by atoms with Gasteiger partial charge in [-0.3, -0.25) is 0 Å². The Labute approximate surface area is 170 Å². The van der Waals surface area contributed by atoms with E-state index in [9.17, 15) is 0 Å². The lowest BCUT2D eigenvalue weighted by Gasteiger charge is -2.19. The number of nitrogens with zero attached hydrogens (tertiary/aromatic N) is 3. The van der Waals surface area contributed by atoms with Crippen molar-refractivity contribution in [1.82, 2.24) is 20.4 Å². The van der Waals surface area contributed by atoms with Crippen molar-refractivity contribution in [2.24, 2.45) is 0 Å². The van der Waals surface area contributed by atoms with E-state index in [-0.39, 0.29) is 5.92 Å². The maximum atomic E-state index is 6.08. The number of hydrogen-bond donors (Lipinski definition) is 2. The van der Waals surface area contributed by atoms with E-state index in [0.717, 1.165) is 42.7 Å². The zero-order valence-corrected chi connectivity index (χ0v) is 16.5. The summed E-state index contributed by atoms with van der Waals surface area (Å²) in [6.07, 6.45) is 2.96. The molecule has 0 aliphatic heterocycles. The van der Waals surface area contributed by atoms with Crippen molar-refractivity contribution in [2.75, 3.05) is 12.3 Å². The van der Waals surface area contributed by atoms with Gasteiger partial charge in [-0.2, -0.15) is 0 Å². The molecule has 4 rings (SSSR count). The Morgan fingerprint density at radius 1 is 1.07 bits per heavy atom. The number of hydrogen-bond acceptors (Lipinski definition) is 5. The second-order valence-electron chi connectivity index (χ2n) is 7.16. The Morgan fingerprint density at radius 3 is 2.76 bits per heavy atom. The maximum absolute atomic E-state index is 6.08. The van der Waals surface area contributed by atoms with E-state index in [1.54, 1.807) is 0 Å². The molecule has 0 bridgehead atoms. The van der Waals surface area contributed by atoms with Gasteiger partial charge in [-0.25, -0.2) is 10.1 Å². The largest absolute Gasteiger partial charge is 0.494 e. The third-order valence-corrected chi connectivity index (χ3v) is 5.03. The van der Waals surface area contributed by atoms with Gasteiger partial charge in [0, 0.05) is 5.92 Å². The smallest absolute Gasteiger partial charge is 0.178 e. The summed E-state index contributed by atoms with van der Waals surface area (Å²) in [7, 11) is 0. The van der Waals surface area contributed by atoms with E-state index in [0.29, 0.717) is 11.5 Å². The van der Waals surface area contributed by atoms with Crippen LogP contribution < -0.4 is 10.5 Å². The minimum Gasteiger partial charge on any atom is -0.494 e. The molecule has 0 radical (unpaired) electrons. The number of ether oxygens (including phenoxy) is 1.